The summed E-state index contributed by atoms with van der Waals surface area (Å²) in [6.45, 7) is 0.629. The summed E-state index contributed by atoms with van der Waals surface area (Å²) in [5, 5.41) is 12.3. The molecule has 0 bridgehead atoms. The largest absolute Gasteiger partial charge is 0.481 e. The van der Waals surface area contributed by atoms with Gasteiger partial charge in [0, 0.05) is 29.7 Å². The number of nitrogens with zero attached hydrogens (tertiary/aromatic N) is 1. The van der Waals surface area contributed by atoms with Gasteiger partial charge in [-0.1, -0.05) is 30.3 Å². The number of rotatable bonds is 8. The van der Waals surface area contributed by atoms with Gasteiger partial charge in [0.15, 0.2) is 0 Å². The first-order chi connectivity index (χ1) is 10.6. The number of nitrogens with one attached hydrogen (secondary N) is 1. The number of hydrogen-bond donors (Lipinski definition) is 2. The van der Waals surface area contributed by atoms with Gasteiger partial charge < -0.3 is 10.4 Å². The van der Waals surface area contributed by atoms with Crippen LogP contribution in [0.15, 0.2) is 53.1 Å². The van der Waals surface area contributed by atoms with Gasteiger partial charge in [0.1, 0.15) is 0 Å². The fourth-order valence-electron chi connectivity index (χ4n) is 2.23. The second-order valence-corrected chi connectivity index (χ2v) is 6.08. The summed E-state index contributed by atoms with van der Waals surface area (Å²) in [6, 6.07) is 14.1. The highest BCUT2D eigenvalue weighted by molar-refractivity contribution is 9.10. The summed E-state index contributed by atoms with van der Waals surface area (Å²) in [5.41, 5.74) is 2.14. The Bertz CT molecular complexity index is 587. The fourth-order valence-corrected chi connectivity index (χ4v) is 2.47. The molecule has 22 heavy (non-hydrogen) atoms. The Morgan fingerprint density at radius 1 is 1.23 bits per heavy atom. The molecule has 116 valence electrons. The van der Waals surface area contributed by atoms with E-state index in [1.807, 2.05) is 30.3 Å². The summed E-state index contributed by atoms with van der Waals surface area (Å²) < 4.78 is 0.947. The van der Waals surface area contributed by atoms with E-state index in [0.717, 1.165) is 16.6 Å². The summed E-state index contributed by atoms with van der Waals surface area (Å²) in [4.78, 5) is 15.1. The van der Waals surface area contributed by atoms with E-state index >= 15 is 0 Å². The van der Waals surface area contributed by atoms with Crippen LogP contribution in [0.2, 0.25) is 0 Å². The molecule has 0 aliphatic rings. The second kappa shape index (κ2) is 8.66. The molecule has 2 rings (SSSR count). The smallest absolute Gasteiger partial charge is 0.303 e. The topological polar surface area (TPSA) is 62.2 Å². The molecular formula is C17H19BrN2O2. The van der Waals surface area contributed by atoms with E-state index in [1.54, 1.807) is 6.20 Å². The lowest BCUT2D eigenvalue weighted by atomic mass is 10.0. The van der Waals surface area contributed by atoms with Crippen LogP contribution in [0, 0.1) is 0 Å². The lowest BCUT2D eigenvalue weighted by Crippen LogP contribution is -2.31. The first-order valence-electron chi connectivity index (χ1n) is 7.23. The predicted molar refractivity (Wildman–Crippen MR) is 89.6 cm³/mol. The molecule has 1 heterocycles. The number of carboxylic acids is 1. The molecule has 0 aliphatic carbocycles. The Morgan fingerprint density at radius 3 is 2.64 bits per heavy atom. The maximum absolute atomic E-state index is 10.8. The van der Waals surface area contributed by atoms with Gasteiger partial charge in [0.05, 0.1) is 5.69 Å². The quantitative estimate of drug-likeness (QED) is 0.755. The van der Waals surface area contributed by atoms with Crippen molar-refractivity contribution in [2.45, 2.75) is 31.8 Å². The highest BCUT2D eigenvalue weighted by atomic mass is 79.9. The minimum atomic E-state index is -0.762. The Kier molecular flexibility index (Phi) is 6.55. The van der Waals surface area contributed by atoms with Gasteiger partial charge in [-0.2, -0.15) is 0 Å². The Labute approximate surface area is 138 Å². The third kappa shape index (κ3) is 5.95. The van der Waals surface area contributed by atoms with Gasteiger partial charge in [-0.05, 0) is 46.5 Å². The average Bonchev–Trinajstić information content (AvgIpc) is 2.52. The molecule has 0 radical (unpaired) electrons. The van der Waals surface area contributed by atoms with Crippen LogP contribution in [-0.2, 0) is 17.8 Å². The van der Waals surface area contributed by atoms with E-state index in [9.17, 15) is 4.79 Å². The van der Waals surface area contributed by atoms with E-state index in [4.69, 9.17) is 5.11 Å². The molecule has 0 saturated heterocycles. The average molecular weight is 363 g/mol. The molecule has 2 N–H and O–H groups in total. The van der Waals surface area contributed by atoms with Crippen molar-refractivity contribution in [3.8, 4) is 0 Å². The first kappa shape index (κ1) is 16.6. The van der Waals surface area contributed by atoms with Gasteiger partial charge >= 0.3 is 5.97 Å². The number of pyridine rings is 1. The van der Waals surface area contributed by atoms with Crippen molar-refractivity contribution in [1.82, 2.24) is 10.3 Å². The van der Waals surface area contributed by atoms with Crippen LogP contribution in [0.4, 0.5) is 0 Å². The van der Waals surface area contributed by atoms with Gasteiger partial charge in [0.25, 0.3) is 0 Å². The third-order valence-electron chi connectivity index (χ3n) is 3.39. The zero-order chi connectivity index (χ0) is 15.8. The van der Waals surface area contributed by atoms with Crippen molar-refractivity contribution >= 4 is 21.9 Å². The van der Waals surface area contributed by atoms with Gasteiger partial charge in [-0.3, -0.25) is 9.78 Å². The molecule has 4 nitrogen and oxygen atoms in total. The van der Waals surface area contributed by atoms with E-state index in [0.29, 0.717) is 13.0 Å². The highest BCUT2D eigenvalue weighted by Gasteiger charge is 2.11. The molecule has 0 fully saturated rings. The molecule has 0 saturated carbocycles. The molecule has 0 spiro atoms. The van der Waals surface area contributed by atoms with Crippen LogP contribution in [-0.4, -0.2) is 22.1 Å². The normalized spacial score (nSPS) is 12.0. The molecule has 2 aromatic rings. The van der Waals surface area contributed by atoms with Crippen molar-refractivity contribution in [2.24, 2.45) is 0 Å². The van der Waals surface area contributed by atoms with E-state index in [-0.39, 0.29) is 12.5 Å². The zero-order valence-corrected chi connectivity index (χ0v) is 13.8. The molecule has 1 aromatic carbocycles. The number of hydrogen-bond acceptors (Lipinski definition) is 3. The third-order valence-corrected chi connectivity index (χ3v) is 3.86. The Morgan fingerprint density at radius 2 is 2.00 bits per heavy atom. The van der Waals surface area contributed by atoms with Crippen molar-refractivity contribution in [3.63, 3.8) is 0 Å². The van der Waals surface area contributed by atoms with Crippen molar-refractivity contribution in [2.75, 3.05) is 0 Å². The van der Waals surface area contributed by atoms with Gasteiger partial charge in [-0.15, -0.1) is 0 Å². The Balaban J connectivity index is 1.94. The summed E-state index contributed by atoms with van der Waals surface area (Å²) in [7, 11) is 0. The first-order valence-corrected chi connectivity index (χ1v) is 8.02. The fraction of sp³-hybridized carbons (Fsp3) is 0.294. The van der Waals surface area contributed by atoms with Crippen LogP contribution in [0.3, 0.4) is 0 Å². The SMILES string of the molecule is O=C(O)CCC(Cc1ccccc1)NCc1ccc(Br)cn1. The lowest BCUT2D eigenvalue weighted by molar-refractivity contribution is -0.137. The summed E-state index contributed by atoms with van der Waals surface area (Å²) in [5.74, 6) is -0.762. The summed E-state index contributed by atoms with van der Waals surface area (Å²) >= 11 is 3.36. The second-order valence-electron chi connectivity index (χ2n) is 5.17. The maximum Gasteiger partial charge on any atom is 0.303 e. The van der Waals surface area contributed by atoms with Crippen LogP contribution in [0.25, 0.3) is 0 Å². The van der Waals surface area contributed by atoms with Gasteiger partial charge in [0.2, 0.25) is 0 Å². The van der Waals surface area contributed by atoms with Crippen molar-refractivity contribution < 1.29 is 9.90 Å². The summed E-state index contributed by atoms with van der Waals surface area (Å²) in [6.07, 6.45) is 3.34. The van der Waals surface area contributed by atoms with Crippen LogP contribution in [0.1, 0.15) is 24.1 Å². The van der Waals surface area contributed by atoms with Crippen molar-refractivity contribution in [3.05, 3.63) is 64.4 Å². The van der Waals surface area contributed by atoms with Crippen LogP contribution < -0.4 is 5.32 Å². The van der Waals surface area contributed by atoms with Crippen LogP contribution >= 0.6 is 15.9 Å². The highest BCUT2D eigenvalue weighted by Crippen LogP contribution is 2.10. The molecule has 0 aliphatic heterocycles. The number of carbonyl (C=O) groups is 1. The van der Waals surface area contributed by atoms with E-state index < -0.39 is 5.97 Å². The van der Waals surface area contributed by atoms with Crippen molar-refractivity contribution in [1.29, 1.82) is 0 Å². The molecule has 1 unspecified atom stereocenters. The standard InChI is InChI=1S/C17H19BrN2O2/c18-14-6-7-16(19-11-14)12-20-15(8-9-17(21)22)10-13-4-2-1-3-5-13/h1-7,11,15,20H,8-10,12H2,(H,21,22). The Hall–Kier alpha value is -1.72. The minimum absolute atomic E-state index is 0.115. The van der Waals surface area contributed by atoms with E-state index in [2.05, 4.69) is 38.4 Å². The zero-order valence-electron chi connectivity index (χ0n) is 12.2. The number of halogens is 1. The number of aromatic nitrogens is 1. The number of aliphatic carboxylic acids is 1. The molecule has 1 aromatic heterocycles. The number of benzene rings is 1. The molecule has 1 atom stereocenters. The minimum Gasteiger partial charge on any atom is -0.481 e. The van der Waals surface area contributed by atoms with Crippen LogP contribution in [0.5, 0.6) is 0 Å². The molecule has 0 amide bonds. The monoisotopic (exact) mass is 362 g/mol. The molecular weight excluding hydrogens is 344 g/mol. The number of carboxylic acid groups (broad SMARTS) is 1. The van der Waals surface area contributed by atoms with Gasteiger partial charge in [-0.25, -0.2) is 0 Å². The maximum atomic E-state index is 10.8. The lowest BCUT2D eigenvalue weighted by Gasteiger charge is -2.18. The predicted octanol–water partition coefficient (Wildman–Crippen LogP) is 3.41. The molecule has 5 heteroatoms. The van der Waals surface area contributed by atoms with E-state index in [1.165, 1.54) is 5.56 Å².